The molecule has 1 aromatic rings. The molecule has 0 saturated heterocycles. The molecule has 0 saturated carbocycles. The van der Waals surface area contributed by atoms with Crippen molar-refractivity contribution in [3.63, 3.8) is 0 Å². The lowest BCUT2D eigenvalue weighted by molar-refractivity contribution is -0.125. The van der Waals surface area contributed by atoms with E-state index in [0.29, 0.717) is 19.4 Å². The molecule has 1 heterocycles. The molecule has 0 fully saturated rings. The summed E-state index contributed by atoms with van der Waals surface area (Å²) < 4.78 is 0. The molecule has 0 aromatic heterocycles. The summed E-state index contributed by atoms with van der Waals surface area (Å²) in [6.45, 7) is 4.90. The molecule has 0 bridgehead atoms. The summed E-state index contributed by atoms with van der Waals surface area (Å²) in [5.74, 6) is -0.130. The van der Waals surface area contributed by atoms with Gasteiger partial charge in [0.2, 0.25) is 11.8 Å². The predicted molar refractivity (Wildman–Crippen MR) is 87.6 cm³/mol. The van der Waals surface area contributed by atoms with Crippen molar-refractivity contribution in [1.29, 1.82) is 0 Å². The molecule has 2 rings (SSSR count). The minimum atomic E-state index is -0.207. The van der Waals surface area contributed by atoms with Crippen LogP contribution < -0.4 is 16.0 Å². The summed E-state index contributed by atoms with van der Waals surface area (Å²) in [6.07, 6.45) is 2.01. The Morgan fingerprint density at radius 3 is 2.77 bits per heavy atom. The summed E-state index contributed by atoms with van der Waals surface area (Å²) >= 11 is 0. The lowest BCUT2D eigenvalue weighted by Gasteiger charge is -2.18. The molecule has 120 valence electrons. The first kappa shape index (κ1) is 16.5. The molecule has 1 aliphatic heterocycles. The monoisotopic (exact) mass is 303 g/mol. The Bertz CT molecular complexity index is 542. The van der Waals surface area contributed by atoms with E-state index in [1.807, 2.05) is 36.9 Å². The third-order valence-electron chi connectivity index (χ3n) is 4.26. The molecular formula is C17H25N3O2. The second-order valence-corrected chi connectivity index (χ2v) is 5.97. The zero-order chi connectivity index (χ0) is 16.1. The lowest BCUT2D eigenvalue weighted by atomic mass is 10.0. The standard InChI is InChI=1S/C17H25N3O2/c1-12(13(2)18)17(22)19-10-5-8-16(21)20-11-9-14-6-3-4-7-15(14)20/h3-4,6-7,12-13H,5,8-11,18H2,1-2H3,(H,19,22). The van der Waals surface area contributed by atoms with Gasteiger partial charge in [0.05, 0.1) is 0 Å². The fourth-order valence-electron chi connectivity index (χ4n) is 2.58. The Balaban J connectivity index is 1.74. The maximum Gasteiger partial charge on any atom is 0.227 e. The van der Waals surface area contributed by atoms with Crippen molar-refractivity contribution in [1.82, 2.24) is 5.32 Å². The quantitative estimate of drug-likeness (QED) is 0.781. The Kier molecular flexibility index (Phi) is 5.55. The summed E-state index contributed by atoms with van der Waals surface area (Å²) in [7, 11) is 0. The fourth-order valence-corrected chi connectivity index (χ4v) is 2.58. The fraction of sp³-hybridized carbons (Fsp3) is 0.529. The van der Waals surface area contributed by atoms with Gasteiger partial charge in [0.15, 0.2) is 0 Å². The van der Waals surface area contributed by atoms with Crippen molar-refractivity contribution < 1.29 is 9.59 Å². The summed E-state index contributed by atoms with van der Waals surface area (Å²) in [4.78, 5) is 25.9. The van der Waals surface area contributed by atoms with Gasteiger partial charge < -0.3 is 16.0 Å². The number of carbonyl (C=O) groups is 2. The second kappa shape index (κ2) is 7.40. The number of amides is 2. The van der Waals surface area contributed by atoms with Crippen LogP contribution in [0, 0.1) is 5.92 Å². The number of benzene rings is 1. The van der Waals surface area contributed by atoms with Crippen LogP contribution in [0.25, 0.3) is 0 Å². The van der Waals surface area contributed by atoms with Crippen LogP contribution in [0.1, 0.15) is 32.3 Å². The highest BCUT2D eigenvalue weighted by Gasteiger charge is 2.23. The van der Waals surface area contributed by atoms with Gasteiger partial charge in [0.1, 0.15) is 0 Å². The zero-order valence-electron chi connectivity index (χ0n) is 13.3. The number of anilines is 1. The first-order chi connectivity index (χ1) is 10.5. The SMILES string of the molecule is CC(N)C(C)C(=O)NCCCC(=O)N1CCc2ccccc21. The molecule has 22 heavy (non-hydrogen) atoms. The van der Waals surface area contributed by atoms with Gasteiger partial charge in [-0.1, -0.05) is 25.1 Å². The van der Waals surface area contributed by atoms with E-state index in [-0.39, 0.29) is 23.8 Å². The first-order valence-corrected chi connectivity index (χ1v) is 7.92. The van der Waals surface area contributed by atoms with Crippen LogP contribution in [0.4, 0.5) is 5.69 Å². The van der Waals surface area contributed by atoms with Crippen molar-refractivity contribution in [2.24, 2.45) is 11.7 Å². The molecule has 0 radical (unpaired) electrons. The maximum absolute atomic E-state index is 12.3. The van der Waals surface area contributed by atoms with Crippen molar-refractivity contribution in [2.45, 2.75) is 39.2 Å². The van der Waals surface area contributed by atoms with Gasteiger partial charge in [-0.25, -0.2) is 0 Å². The van der Waals surface area contributed by atoms with Crippen LogP contribution in [0.5, 0.6) is 0 Å². The molecule has 2 unspecified atom stereocenters. The van der Waals surface area contributed by atoms with Gasteiger partial charge in [-0.15, -0.1) is 0 Å². The Morgan fingerprint density at radius 1 is 1.32 bits per heavy atom. The summed E-state index contributed by atoms with van der Waals surface area (Å²) in [5, 5.41) is 2.84. The highest BCUT2D eigenvalue weighted by Crippen LogP contribution is 2.27. The maximum atomic E-state index is 12.3. The van der Waals surface area contributed by atoms with E-state index in [2.05, 4.69) is 11.4 Å². The van der Waals surface area contributed by atoms with Gasteiger partial charge in [-0.3, -0.25) is 9.59 Å². The normalized spacial score (nSPS) is 16.0. The van der Waals surface area contributed by atoms with Gasteiger partial charge >= 0.3 is 0 Å². The van der Waals surface area contributed by atoms with Crippen molar-refractivity contribution in [3.8, 4) is 0 Å². The van der Waals surface area contributed by atoms with E-state index in [0.717, 1.165) is 18.7 Å². The zero-order valence-corrected chi connectivity index (χ0v) is 13.3. The molecule has 0 aliphatic carbocycles. The number of hydrogen-bond donors (Lipinski definition) is 2. The number of rotatable bonds is 6. The average molecular weight is 303 g/mol. The van der Waals surface area contributed by atoms with Crippen LogP contribution in [-0.2, 0) is 16.0 Å². The van der Waals surface area contributed by atoms with E-state index in [4.69, 9.17) is 5.73 Å². The van der Waals surface area contributed by atoms with Gasteiger partial charge in [0, 0.05) is 37.2 Å². The largest absolute Gasteiger partial charge is 0.356 e. The number of para-hydroxylation sites is 1. The minimum absolute atomic E-state index is 0.0473. The molecule has 1 aliphatic rings. The van der Waals surface area contributed by atoms with E-state index >= 15 is 0 Å². The topological polar surface area (TPSA) is 75.4 Å². The van der Waals surface area contributed by atoms with Crippen LogP contribution in [-0.4, -0.2) is 30.9 Å². The molecule has 5 nitrogen and oxygen atoms in total. The smallest absolute Gasteiger partial charge is 0.227 e. The van der Waals surface area contributed by atoms with E-state index in [9.17, 15) is 9.59 Å². The number of nitrogens with one attached hydrogen (secondary N) is 1. The molecule has 0 spiro atoms. The highest BCUT2D eigenvalue weighted by atomic mass is 16.2. The van der Waals surface area contributed by atoms with Crippen molar-refractivity contribution in [2.75, 3.05) is 18.0 Å². The van der Waals surface area contributed by atoms with Crippen LogP contribution >= 0.6 is 0 Å². The number of hydrogen-bond acceptors (Lipinski definition) is 3. The van der Waals surface area contributed by atoms with E-state index in [1.54, 1.807) is 0 Å². The average Bonchev–Trinajstić information content (AvgIpc) is 2.94. The Morgan fingerprint density at radius 2 is 2.05 bits per heavy atom. The number of nitrogens with two attached hydrogens (primary N) is 1. The van der Waals surface area contributed by atoms with E-state index in [1.165, 1.54) is 5.56 Å². The van der Waals surface area contributed by atoms with Gasteiger partial charge in [-0.05, 0) is 31.4 Å². The molecule has 2 amide bonds. The summed E-state index contributed by atoms with van der Waals surface area (Å²) in [6, 6.07) is 7.86. The molecule has 2 atom stereocenters. The van der Waals surface area contributed by atoms with Crippen molar-refractivity contribution >= 4 is 17.5 Å². The highest BCUT2D eigenvalue weighted by molar-refractivity contribution is 5.95. The minimum Gasteiger partial charge on any atom is -0.356 e. The molecular weight excluding hydrogens is 278 g/mol. The summed E-state index contributed by atoms with van der Waals surface area (Å²) in [5.41, 5.74) is 7.96. The predicted octanol–water partition coefficient (Wildman–Crippen LogP) is 1.46. The van der Waals surface area contributed by atoms with Crippen LogP contribution in [0.3, 0.4) is 0 Å². The van der Waals surface area contributed by atoms with Crippen molar-refractivity contribution in [3.05, 3.63) is 29.8 Å². The third-order valence-corrected chi connectivity index (χ3v) is 4.26. The second-order valence-electron chi connectivity index (χ2n) is 5.97. The van der Waals surface area contributed by atoms with Gasteiger partial charge in [0.25, 0.3) is 0 Å². The molecule has 3 N–H and O–H groups in total. The molecule has 1 aromatic carbocycles. The number of nitrogens with zero attached hydrogens (tertiary/aromatic N) is 1. The third kappa shape index (κ3) is 3.85. The Labute approximate surface area is 131 Å². The van der Waals surface area contributed by atoms with Crippen LogP contribution in [0.15, 0.2) is 24.3 Å². The lowest BCUT2D eigenvalue weighted by Crippen LogP contribution is -2.39. The van der Waals surface area contributed by atoms with Crippen LogP contribution in [0.2, 0.25) is 0 Å². The first-order valence-electron chi connectivity index (χ1n) is 7.92. The molecule has 5 heteroatoms. The number of fused-ring (bicyclic) bond motifs is 1. The van der Waals surface area contributed by atoms with Gasteiger partial charge in [-0.2, -0.15) is 0 Å². The van der Waals surface area contributed by atoms with E-state index < -0.39 is 0 Å². The Hall–Kier alpha value is -1.88. The number of carbonyl (C=O) groups excluding carboxylic acids is 2.